The van der Waals surface area contributed by atoms with Gasteiger partial charge < -0.3 is 10.4 Å². The lowest BCUT2D eigenvalue weighted by atomic mass is 10.3. The van der Waals surface area contributed by atoms with Gasteiger partial charge in [0, 0.05) is 18.4 Å². The molecule has 2 N–H and O–H groups in total. The van der Waals surface area contributed by atoms with E-state index in [0.29, 0.717) is 5.56 Å². The average Bonchev–Trinajstić information content (AvgIpc) is 2.19. The topological polar surface area (TPSA) is 75.1 Å². The van der Waals surface area contributed by atoms with Crippen LogP contribution in [0.1, 0.15) is 17.3 Å². The number of aliphatic hydroxyl groups excluding tert-OH is 1. The van der Waals surface area contributed by atoms with E-state index in [-0.39, 0.29) is 18.6 Å². The number of carbonyl (C=O) groups excluding carboxylic acids is 1. The first-order valence-corrected chi connectivity index (χ1v) is 3.90. The van der Waals surface area contributed by atoms with Crippen molar-refractivity contribution in [1.29, 1.82) is 0 Å². The van der Waals surface area contributed by atoms with Gasteiger partial charge in [-0.2, -0.15) is 0 Å². The van der Waals surface area contributed by atoms with Crippen molar-refractivity contribution >= 4 is 5.91 Å². The Hall–Kier alpha value is -1.49. The van der Waals surface area contributed by atoms with Gasteiger partial charge in [0.25, 0.3) is 5.91 Å². The summed E-state index contributed by atoms with van der Waals surface area (Å²) in [6, 6.07) is -0.257. The molecule has 1 rings (SSSR count). The highest BCUT2D eigenvalue weighted by molar-refractivity contribution is 5.93. The molecular weight excluding hydrogens is 170 g/mol. The molecule has 1 heterocycles. The van der Waals surface area contributed by atoms with Gasteiger partial charge in [-0.3, -0.25) is 4.79 Å². The first-order valence-electron chi connectivity index (χ1n) is 3.90. The number of hydrogen-bond donors (Lipinski definition) is 2. The van der Waals surface area contributed by atoms with E-state index in [9.17, 15) is 4.79 Å². The lowest BCUT2D eigenvalue weighted by molar-refractivity contribution is 0.0921. The van der Waals surface area contributed by atoms with Crippen LogP contribution in [0.3, 0.4) is 0 Å². The zero-order valence-corrected chi connectivity index (χ0v) is 7.27. The van der Waals surface area contributed by atoms with Gasteiger partial charge >= 0.3 is 0 Å². The number of aliphatic hydroxyl groups is 1. The minimum atomic E-state index is -0.276. The molecule has 0 fully saturated rings. The second-order valence-electron chi connectivity index (χ2n) is 2.68. The van der Waals surface area contributed by atoms with E-state index < -0.39 is 0 Å². The fourth-order valence-electron chi connectivity index (χ4n) is 0.769. The van der Waals surface area contributed by atoms with Crippen LogP contribution in [0.5, 0.6) is 0 Å². The van der Waals surface area contributed by atoms with Gasteiger partial charge in [0.1, 0.15) is 6.33 Å². The van der Waals surface area contributed by atoms with Crippen molar-refractivity contribution in [2.45, 2.75) is 13.0 Å². The van der Waals surface area contributed by atoms with E-state index in [2.05, 4.69) is 15.3 Å². The Bertz CT molecular complexity index is 276. The van der Waals surface area contributed by atoms with Crippen molar-refractivity contribution in [2.75, 3.05) is 6.61 Å². The van der Waals surface area contributed by atoms with Gasteiger partial charge in [-0.25, -0.2) is 9.97 Å². The van der Waals surface area contributed by atoms with E-state index >= 15 is 0 Å². The van der Waals surface area contributed by atoms with Crippen molar-refractivity contribution in [3.8, 4) is 0 Å². The number of nitrogens with zero attached hydrogens (tertiary/aromatic N) is 2. The summed E-state index contributed by atoms with van der Waals surface area (Å²) in [6.07, 6.45) is 4.20. The molecule has 70 valence electrons. The molecule has 13 heavy (non-hydrogen) atoms. The summed E-state index contributed by atoms with van der Waals surface area (Å²) < 4.78 is 0. The van der Waals surface area contributed by atoms with Crippen molar-refractivity contribution in [2.24, 2.45) is 0 Å². The Kier molecular flexibility index (Phi) is 3.33. The third-order valence-corrected chi connectivity index (χ3v) is 1.47. The van der Waals surface area contributed by atoms with E-state index in [1.165, 1.54) is 18.7 Å². The monoisotopic (exact) mass is 181 g/mol. The second-order valence-corrected chi connectivity index (χ2v) is 2.68. The van der Waals surface area contributed by atoms with Crippen LogP contribution in [-0.4, -0.2) is 33.6 Å². The summed E-state index contributed by atoms with van der Waals surface area (Å²) in [4.78, 5) is 18.7. The third-order valence-electron chi connectivity index (χ3n) is 1.47. The molecule has 0 aliphatic carbocycles. The maximum absolute atomic E-state index is 11.3. The zero-order chi connectivity index (χ0) is 9.68. The number of rotatable bonds is 3. The highest BCUT2D eigenvalue weighted by atomic mass is 16.3. The molecule has 0 saturated heterocycles. The fourth-order valence-corrected chi connectivity index (χ4v) is 0.769. The SMILES string of the molecule is C[C@@H](CO)NC(=O)c1cncnc1. The molecule has 0 radical (unpaired) electrons. The van der Waals surface area contributed by atoms with E-state index in [4.69, 9.17) is 5.11 Å². The summed E-state index contributed by atoms with van der Waals surface area (Å²) in [5.41, 5.74) is 0.391. The molecule has 0 spiro atoms. The molecule has 5 nitrogen and oxygen atoms in total. The average molecular weight is 181 g/mol. The number of hydrogen-bond acceptors (Lipinski definition) is 4. The summed E-state index contributed by atoms with van der Waals surface area (Å²) >= 11 is 0. The van der Waals surface area contributed by atoms with Crippen LogP contribution in [0.2, 0.25) is 0 Å². The predicted molar refractivity (Wildman–Crippen MR) is 46.0 cm³/mol. The van der Waals surface area contributed by atoms with Crippen molar-refractivity contribution in [1.82, 2.24) is 15.3 Å². The van der Waals surface area contributed by atoms with Gasteiger partial charge in [0.2, 0.25) is 0 Å². The number of aromatic nitrogens is 2. The largest absolute Gasteiger partial charge is 0.394 e. The lowest BCUT2D eigenvalue weighted by Crippen LogP contribution is -2.35. The molecule has 1 aromatic rings. The van der Waals surface area contributed by atoms with Gasteiger partial charge in [0.05, 0.1) is 12.2 Å². The lowest BCUT2D eigenvalue weighted by Gasteiger charge is -2.09. The molecule has 1 atom stereocenters. The van der Waals surface area contributed by atoms with Crippen LogP contribution in [-0.2, 0) is 0 Å². The molecule has 5 heteroatoms. The Morgan fingerprint density at radius 3 is 2.77 bits per heavy atom. The third kappa shape index (κ3) is 2.79. The minimum absolute atomic E-state index is 0.0839. The van der Waals surface area contributed by atoms with Crippen LogP contribution in [0.4, 0.5) is 0 Å². The van der Waals surface area contributed by atoms with E-state index in [1.54, 1.807) is 6.92 Å². The molecule has 0 aliphatic rings. The minimum Gasteiger partial charge on any atom is -0.394 e. The maximum Gasteiger partial charge on any atom is 0.254 e. The van der Waals surface area contributed by atoms with E-state index in [0.717, 1.165) is 0 Å². The number of nitrogens with one attached hydrogen (secondary N) is 1. The molecule has 0 bridgehead atoms. The van der Waals surface area contributed by atoms with Gasteiger partial charge in [-0.1, -0.05) is 0 Å². The smallest absolute Gasteiger partial charge is 0.254 e. The van der Waals surface area contributed by atoms with Crippen LogP contribution >= 0.6 is 0 Å². The van der Waals surface area contributed by atoms with E-state index in [1.807, 2.05) is 0 Å². The second kappa shape index (κ2) is 4.51. The Morgan fingerprint density at radius 1 is 1.62 bits per heavy atom. The molecule has 0 aromatic carbocycles. The molecule has 0 aliphatic heterocycles. The molecule has 0 saturated carbocycles. The van der Waals surface area contributed by atoms with Crippen LogP contribution in [0.15, 0.2) is 18.7 Å². The van der Waals surface area contributed by atoms with Crippen LogP contribution < -0.4 is 5.32 Å². The Balaban J connectivity index is 2.59. The summed E-state index contributed by atoms with van der Waals surface area (Å²) in [6.45, 7) is 1.63. The van der Waals surface area contributed by atoms with Gasteiger partial charge in [0.15, 0.2) is 0 Å². The maximum atomic E-state index is 11.3. The quantitative estimate of drug-likeness (QED) is 0.664. The highest BCUT2D eigenvalue weighted by Gasteiger charge is 2.08. The zero-order valence-electron chi connectivity index (χ0n) is 7.27. The Morgan fingerprint density at radius 2 is 2.23 bits per heavy atom. The highest BCUT2D eigenvalue weighted by Crippen LogP contribution is 1.93. The summed E-state index contributed by atoms with van der Waals surface area (Å²) in [5, 5.41) is 11.3. The standard InChI is InChI=1S/C8H11N3O2/c1-6(4-12)11-8(13)7-2-9-5-10-3-7/h2-3,5-6,12H,4H2,1H3,(H,11,13)/t6-/m0/s1. The molecule has 1 amide bonds. The van der Waals surface area contributed by atoms with Crippen LogP contribution in [0.25, 0.3) is 0 Å². The molecule has 1 aromatic heterocycles. The van der Waals surface area contributed by atoms with Gasteiger partial charge in [-0.05, 0) is 6.92 Å². The van der Waals surface area contributed by atoms with Gasteiger partial charge in [-0.15, -0.1) is 0 Å². The number of amides is 1. The Labute approximate surface area is 75.8 Å². The normalized spacial score (nSPS) is 12.2. The summed E-state index contributed by atoms with van der Waals surface area (Å²) in [5.74, 6) is -0.276. The molecule has 0 unspecified atom stereocenters. The fraction of sp³-hybridized carbons (Fsp3) is 0.375. The molecular formula is C8H11N3O2. The van der Waals surface area contributed by atoms with Crippen LogP contribution in [0, 0.1) is 0 Å². The first-order chi connectivity index (χ1) is 6.24. The summed E-state index contributed by atoms with van der Waals surface area (Å²) in [7, 11) is 0. The first kappa shape index (κ1) is 9.60. The van der Waals surface area contributed by atoms with Crippen molar-refractivity contribution in [3.63, 3.8) is 0 Å². The number of carbonyl (C=O) groups is 1. The van der Waals surface area contributed by atoms with Crippen molar-refractivity contribution in [3.05, 3.63) is 24.3 Å². The van der Waals surface area contributed by atoms with Crippen molar-refractivity contribution < 1.29 is 9.90 Å². The predicted octanol–water partition coefficient (Wildman–Crippen LogP) is -0.413.